The molecule has 1 heterocycles. The molecule has 1 aromatic carbocycles. The number of amides is 1. The van der Waals surface area contributed by atoms with Crippen molar-refractivity contribution in [1.29, 1.82) is 0 Å². The number of benzene rings is 1. The average Bonchev–Trinajstić information content (AvgIpc) is 2.59. The van der Waals surface area contributed by atoms with Crippen LogP contribution in [0.5, 0.6) is 0 Å². The molecule has 0 radical (unpaired) electrons. The van der Waals surface area contributed by atoms with Crippen LogP contribution in [-0.4, -0.2) is 22.4 Å². The Morgan fingerprint density at radius 3 is 2.29 bits per heavy atom. The summed E-state index contributed by atoms with van der Waals surface area (Å²) in [7, 11) is 0. The first-order chi connectivity index (χ1) is 11.4. The zero-order chi connectivity index (χ0) is 17.7. The van der Waals surface area contributed by atoms with Gasteiger partial charge in [-0.25, -0.2) is 9.97 Å². The van der Waals surface area contributed by atoms with Crippen LogP contribution in [0.4, 0.5) is 0 Å². The Hall–Kier alpha value is -2.27. The van der Waals surface area contributed by atoms with Crippen molar-refractivity contribution in [3.63, 3.8) is 0 Å². The normalized spacial score (nSPS) is 12.5. The third kappa shape index (κ3) is 4.38. The van der Waals surface area contributed by atoms with Crippen molar-refractivity contribution in [3.05, 3.63) is 59.2 Å². The van der Waals surface area contributed by atoms with Crippen molar-refractivity contribution in [3.8, 4) is 0 Å². The largest absolute Gasteiger partial charge is 0.350 e. The Morgan fingerprint density at radius 2 is 1.71 bits per heavy atom. The van der Waals surface area contributed by atoms with E-state index in [4.69, 9.17) is 5.73 Å². The van der Waals surface area contributed by atoms with E-state index in [2.05, 4.69) is 41.3 Å². The monoisotopic (exact) mass is 326 g/mol. The first-order valence-corrected chi connectivity index (χ1v) is 8.33. The molecule has 1 aromatic heterocycles. The fourth-order valence-electron chi connectivity index (χ4n) is 2.52. The number of hydrogen-bond donors (Lipinski definition) is 2. The van der Waals surface area contributed by atoms with Gasteiger partial charge in [0.25, 0.3) is 5.91 Å². The lowest BCUT2D eigenvalue weighted by molar-refractivity contribution is 0.0949. The average molecular weight is 326 g/mol. The van der Waals surface area contributed by atoms with Crippen molar-refractivity contribution in [2.45, 2.75) is 45.6 Å². The predicted molar refractivity (Wildman–Crippen MR) is 95.9 cm³/mol. The molecule has 2 aromatic rings. The van der Waals surface area contributed by atoms with E-state index in [0.29, 0.717) is 18.0 Å². The Morgan fingerprint density at radius 1 is 1.08 bits per heavy atom. The van der Waals surface area contributed by atoms with Crippen LogP contribution in [0, 0.1) is 0 Å². The van der Waals surface area contributed by atoms with E-state index in [1.165, 1.54) is 11.9 Å². The van der Waals surface area contributed by atoms with Crippen molar-refractivity contribution in [2.75, 3.05) is 6.54 Å². The second-order valence-electron chi connectivity index (χ2n) is 6.61. The number of hydrogen-bond acceptors (Lipinski definition) is 4. The minimum absolute atomic E-state index is 0.158. The van der Waals surface area contributed by atoms with Gasteiger partial charge in [0.05, 0.1) is 11.3 Å². The molecule has 0 aliphatic heterocycles. The molecule has 5 heteroatoms. The fraction of sp³-hybridized carbons (Fsp3) is 0.421. The highest BCUT2D eigenvalue weighted by atomic mass is 16.1. The molecule has 1 unspecified atom stereocenters. The fourth-order valence-corrected chi connectivity index (χ4v) is 2.52. The van der Waals surface area contributed by atoms with Gasteiger partial charge in [0.1, 0.15) is 6.33 Å². The van der Waals surface area contributed by atoms with Gasteiger partial charge in [-0.1, -0.05) is 52.0 Å². The third-order valence-electron chi connectivity index (χ3n) is 4.05. The van der Waals surface area contributed by atoms with E-state index >= 15 is 0 Å². The van der Waals surface area contributed by atoms with Crippen LogP contribution < -0.4 is 11.1 Å². The Labute approximate surface area is 143 Å². The van der Waals surface area contributed by atoms with Crippen LogP contribution >= 0.6 is 0 Å². The van der Waals surface area contributed by atoms with Crippen molar-refractivity contribution >= 4 is 5.91 Å². The number of carbonyl (C=O) groups is 1. The first-order valence-electron chi connectivity index (χ1n) is 8.33. The van der Waals surface area contributed by atoms with Gasteiger partial charge in [0.2, 0.25) is 0 Å². The second kappa shape index (κ2) is 8.02. The van der Waals surface area contributed by atoms with E-state index in [1.807, 2.05) is 26.0 Å². The van der Waals surface area contributed by atoms with E-state index in [-0.39, 0.29) is 17.9 Å². The molecule has 0 saturated heterocycles. The molecule has 0 aliphatic carbocycles. The number of rotatable bonds is 6. The molecule has 2 rings (SSSR count). The topological polar surface area (TPSA) is 80.9 Å². The van der Waals surface area contributed by atoms with Crippen LogP contribution in [0.25, 0.3) is 0 Å². The Balaban J connectivity index is 2.01. The van der Waals surface area contributed by atoms with Gasteiger partial charge in [-0.05, 0) is 23.0 Å². The molecule has 0 saturated carbocycles. The van der Waals surface area contributed by atoms with Crippen molar-refractivity contribution in [2.24, 2.45) is 5.73 Å². The van der Waals surface area contributed by atoms with Crippen LogP contribution in [-0.2, 0) is 0 Å². The predicted octanol–water partition coefficient (Wildman–Crippen LogP) is 3.15. The Kier molecular flexibility index (Phi) is 6.04. The lowest BCUT2D eigenvalue weighted by Crippen LogP contribution is -2.32. The minimum Gasteiger partial charge on any atom is -0.350 e. The lowest BCUT2D eigenvalue weighted by atomic mass is 9.99. The first kappa shape index (κ1) is 18.1. The lowest BCUT2D eigenvalue weighted by Gasteiger charge is -2.16. The van der Waals surface area contributed by atoms with Crippen LogP contribution in [0.3, 0.4) is 0 Å². The molecule has 3 N–H and O–H groups in total. The summed E-state index contributed by atoms with van der Waals surface area (Å²) in [6.45, 7) is 8.68. The zero-order valence-corrected chi connectivity index (χ0v) is 14.8. The number of nitrogens with two attached hydrogens (primary N) is 1. The van der Waals surface area contributed by atoms with E-state index in [9.17, 15) is 4.79 Å². The van der Waals surface area contributed by atoms with Crippen LogP contribution in [0.2, 0.25) is 0 Å². The maximum atomic E-state index is 12.4. The molecule has 0 spiro atoms. The number of carbonyl (C=O) groups excluding carboxylic acids is 1. The maximum absolute atomic E-state index is 12.4. The van der Waals surface area contributed by atoms with E-state index in [0.717, 1.165) is 11.3 Å². The van der Waals surface area contributed by atoms with Gasteiger partial charge in [0.15, 0.2) is 0 Å². The van der Waals surface area contributed by atoms with Gasteiger partial charge in [-0.3, -0.25) is 4.79 Å². The molecule has 128 valence electrons. The van der Waals surface area contributed by atoms with E-state index < -0.39 is 0 Å². The summed E-state index contributed by atoms with van der Waals surface area (Å²) >= 11 is 0. The standard InChI is InChI=1S/C19H26N4O/c1-12(2)14-5-7-15(8-6-14)17(20)10-22-19(24)16-9-21-11-23-18(16)13(3)4/h5-9,11-13,17H,10,20H2,1-4H3,(H,22,24). The summed E-state index contributed by atoms with van der Waals surface area (Å²) in [6, 6.07) is 7.98. The highest BCUT2D eigenvalue weighted by Gasteiger charge is 2.16. The second-order valence-corrected chi connectivity index (χ2v) is 6.61. The molecule has 24 heavy (non-hydrogen) atoms. The van der Waals surface area contributed by atoms with Crippen LogP contribution in [0.15, 0.2) is 36.8 Å². The molecular weight excluding hydrogens is 300 g/mol. The van der Waals surface area contributed by atoms with Crippen molar-refractivity contribution in [1.82, 2.24) is 15.3 Å². The van der Waals surface area contributed by atoms with Gasteiger partial charge < -0.3 is 11.1 Å². The van der Waals surface area contributed by atoms with Gasteiger partial charge >= 0.3 is 0 Å². The smallest absolute Gasteiger partial charge is 0.254 e. The summed E-state index contributed by atoms with van der Waals surface area (Å²) in [5.74, 6) is 0.460. The summed E-state index contributed by atoms with van der Waals surface area (Å²) in [5, 5.41) is 2.89. The molecular formula is C19H26N4O. The van der Waals surface area contributed by atoms with Gasteiger partial charge in [0, 0.05) is 18.8 Å². The summed E-state index contributed by atoms with van der Waals surface area (Å²) in [5.41, 5.74) is 9.74. The Bertz CT molecular complexity index is 680. The quantitative estimate of drug-likeness (QED) is 0.854. The molecule has 0 fully saturated rings. The highest BCUT2D eigenvalue weighted by molar-refractivity contribution is 5.95. The van der Waals surface area contributed by atoms with Gasteiger partial charge in [-0.15, -0.1) is 0 Å². The summed E-state index contributed by atoms with van der Waals surface area (Å²) in [6.07, 6.45) is 3.02. The maximum Gasteiger partial charge on any atom is 0.254 e. The third-order valence-corrected chi connectivity index (χ3v) is 4.05. The highest BCUT2D eigenvalue weighted by Crippen LogP contribution is 2.18. The minimum atomic E-state index is -0.248. The summed E-state index contributed by atoms with van der Waals surface area (Å²) < 4.78 is 0. The zero-order valence-electron chi connectivity index (χ0n) is 14.8. The van der Waals surface area contributed by atoms with E-state index in [1.54, 1.807) is 6.20 Å². The molecule has 5 nitrogen and oxygen atoms in total. The number of aromatic nitrogens is 2. The molecule has 0 aliphatic rings. The molecule has 1 amide bonds. The molecule has 0 bridgehead atoms. The molecule has 1 atom stereocenters. The number of nitrogens with zero attached hydrogens (tertiary/aromatic N) is 2. The number of nitrogens with one attached hydrogen (secondary N) is 1. The SMILES string of the molecule is CC(C)c1ccc(C(N)CNC(=O)c2cncnc2C(C)C)cc1. The van der Waals surface area contributed by atoms with Gasteiger partial charge in [-0.2, -0.15) is 0 Å². The summed E-state index contributed by atoms with van der Waals surface area (Å²) in [4.78, 5) is 20.6. The van der Waals surface area contributed by atoms with Crippen LogP contribution in [0.1, 0.15) is 72.8 Å². The van der Waals surface area contributed by atoms with Crippen molar-refractivity contribution < 1.29 is 4.79 Å².